The Bertz CT molecular complexity index is 871. The molecule has 1 unspecified atom stereocenters. The van der Waals surface area contributed by atoms with E-state index < -0.39 is 0 Å². The van der Waals surface area contributed by atoms with E-state index in [4.69, 9.17) is 0 Å². The van der Waals surface area contributed by atoms with Crippen molar-refractivity contribution in [3.63, 3.8) is 0 Å². The van der Waals surface area contributed by atoms with Gasteiger partial charge in [0.1, 0.15) is 0 Å². The van der Waals surface area contributed by atoms with E-state index in [1.54, 1.807) is 0 Å². The molecule has 1 heterocycles. The molecule has 1 amide bonds. The molecule has 27 heavy (non-hydrogen) atoms. The second-order valence-electron chi connectivity index (χ2n) is 7.30. The monoisotopic (exact) mass is 355 g/mol. The molecule has 2 nitrogen and oxygen atoms in total. The van der Waals surface area contributed by atoms with Gasteiger partial charge in [0, 0.05) is 24.6 Å². The highest BCUT2D eigenvalue weighted by molar-refractivity contribution is 5.94. The third-order valence-electron chi connectivity index (χ3n) is 5.47. The molecule has 3 aromatic rings. The molecule has 0 spiro atoms. The van der Waals surface area contributed by atoms with Gasteiger partial charge in [0.2, 0.25) is 0 Å². The smallest absolute Gasteiger partial charge is 0.253 e. The number of likely N-dealkylation sites (tertiary alicyclic amines) is 1. The Morgan fingerprint density at radius 3 is 2.07 bits per heavy atom. The normalized spacial score (nSPS) is 17.3. The van der Waals surface area contributed by atoms with Gasteiger partial charge >= 0.3 is 0 Å². The molecule has 0 saturated carbocycles. The minimum atomic E-state index is 0.150. The summed E-state index contributed by atoms with van der Waals surface area (Å²) < 4.78 is 0. The summed E-state index contributed by atoms with van der Waals surface area (Å²) in [4.78, 5) is 15.1. The van der Waals surface area contributed by atoms with Gasteiger partial charge in [-0.15, -0.1) is 0 Å². The maximum atomic E-state index is 13.1. The van der Waals surface area contributed by atoms with Crippen LogP contribution in [0.3, 0.4) is 0 Å². The highest BCUT2D eigenvalue weighted by Gasteiger charge is 2.23. The summed E-state index contributed by atoms with van der Waals surface area (Å²) in [5.74, 6) is 0.582. The van der Waals surface area contributed by atoms with Crippen LogP contribution in [-0.4, -0.2) is 23.9 Å². The summed E-state index contributed by atoms with van der Waals surface area (Å²) in [5.41, 5.74) is 4.45. The topological polar surface area (TPSA) is 20.3 Å². The Hall–Kier alpha value is -2.87. The van der Waals surface area contributed by atoms with Crippen LogP contribution >= 0.6 is 0 Å². The first kappa shape index (κ1) is 17.5. The first-order valence-corrected chi connectivity index (χ1v) is 9.81. The van der Waals surface area contributed by atoms with E-state index in [0.717, 1.165) is 37.1 Å². The lowest BCUT2D eigenvalue weighted by atomic mass is 9.94. The van der Waals surface area contributed by atoms with Crippen LogP contribution in [0.15, 0.2) is 84.9 Å². The Labute approximate surface area is 161 Å². The molecule has 0 radical (unpaired) electrons. The van der Waals surface area contributed by atoms with Gasteiger partial charge in [0.15, 0.2) is 0 Å². The van der Waals surface area contributed by atoms with E-state index in [9.17, 15) is 4.79 Å². The minimum absolute atomic E-state index is 0.150. The molecule has 0 aliphatic carbocycles. The summed E-state index contributed by atoms with van der Waals surface area (Å²) in [6, 6.07) is 28.9. The molecule has 0 bridgehead atoms. The zero-order chi connectivity index (χ0) is 18.5. The van der Waals surface area contributed by atoms with Crippen molar-refractivity contribution in [3.05, 3.63) is 96.1 Å². The second-order valence-corrected chi connectivity index (χ2v) is 7.30. The van der Waals surface area contributed by atoms with Crippen molar-refractivity contribution in [2.45, 2.75) is 25.2 Å². The Morgan fingerprint density at radius 2 is 1.37 bits per heavy atom. The predicted molar refractivity (Wildman–Crippen MR) is 111 cm³/mol. The first-order chi connectivity index (χ1) is 13.3. The third kappa shape index (κ3) is 4.11. The van der Waals surface area contributed by atoms with Crippen molar-refractivity contribution in [2.24, 2.45) is 0 Å². The van der Waals surface area contributed by atoms with E-state index in [1.807, 2.05) is 35.2 Å². The van der Waals surface area contributed by atoms with Gasteiger partial charge in [-0.1, -0.05) is 79.2 Å². The average molecular weight is 355 g/mol. The van der Waals surface area contributed by atoms with Crippen molar-refractivity contribution < 1.29 is 4.79 Å². The van der Waals surface area contributed by atoms with Crippen molar-refractivity contribution in [2.75, 3.05) is 13.1 Å². The van der Waals surface area contributed by atoms with Gasteiger partial charge in [-0.05, 0) is 41.7 Å². The number of benzene rings is 3. The fourth-order valence-electron chi connectivity index (χ4n) is 3.94. The molecule has 136 valence electrons. The summed E-state index contributed by atoms with van der Waals surface area (Å²) in [5, 5.41) is 0. The lowest BCUT2D eigenvalue weighted by Crippen LogP contribution is -2.34. The summed E-state index contributed by atoms with van der Waals surface area (Å²) in [6.45, 7) is 1.66. The highest BCUT2D eigenvalue weighted by atomic mass is 16.2. The van der Waals surface area contributed by atoms with Crippen LogP contribution in [0.1, 0.15) is 41.1 Å². The molecule has 2 heteroatoms. The quantitative estimate of drug-likeness (QED) is 0.584. The predicted octanol–water partition coefficient (Wildman–Crippen LogP) is 5.76. The van der Waals surface area contributed by atoms with Gasteiger partial charge in [-0.3, -0.25) is 4.79 Å². The van der Waals surface area contributed by atoms with Gasteiger partial charge in [0.05, 0.1) is 0 Å². The van der Waals surface area contributed by atoms with Crippen LogP contribution in [0.25, 0.3) is 11.1 Å². The largest absolute Gasteiger partial charge is 0.338 e. The molecule has 1 aliphatic heterocycles. The first-order valence-electron chi connectivity index (χ1n) is 9.81. The van der Waals surface area contributed by atoms with Crippen LogP contribution in [0.4, 0.5) is 0 Å². The van der Waals surface area contributed by atoms with E-state index >= 15 is 0 Å². The molecule has 1 atom stereocenters. The van der Waals surface area contributed by atoms with E-state index in [0.29, 0.717) is 5.92 Å². The zero-order valence-electron chi connectivity index (χ0n) is 15.6. The standard InChI is InChI=1S/C25H25NO/c27-25(23-16-14-22(15-17-23)20-9-3-1-4-10-20)26-18-8-7-13-24(19-26)21-11-5-2-6-12-21/h1-6,9-12,14-17,24H,7-8,13,18-19H2. The Morgan fingerprint density at radius 1 is 0.741 bits per heavy atom. The van der Waals surface area contributed by atoms with E-state index in [-0.39, 0.29) is 5.91 Å². The molecule has 1 aliphatic rings. The van der Waals surface area contributed by atoms with Crippen LogP contribution < -0.4 is 0 Å². The number of hydrogen-bond donors (Lipinski definition) is 0. The molecule has 0 aromatic heterocycles. The van der Waals surface area contributed by atoms with Gasteiger partial charge < -0.3 is 4.90 Å². The zero-order valence-corrected chi connectivity index (χ0v) is 15.6. The molecule has 3 aromatic carbocycles. The van der Waals surface area contributed by atoms with Gasteiger partial charge in [-0.25, -0.2) is 0 Å². The maximum Gasteiger partial charge on any atom is 0.253 e. The molecule has 1 saturated heterocycles. The second kappa shape index (κ2) is 8.22. The number of nitrogens with zero attached hydrogens (tertiary/aromatic N) is 1. The van der Waals surface area contributed by atoms with Crippen LogP contribution in [0.2, 0.25) is 0 Å². The minimum Gasteiger partial charge on any atom is -0.338 e. The number of rotatable bonds is 3. The van der Waals surface area contributed by atoms with Gasteiger partial charge in [-0.2, -0.15) is 0 Å². The van der Waals surface area contributed by atoms with Crippen LogP contribution in [0, 0.1) is 0 Å². The number of hydrogen-bond acceptors (Lipinski definition) is 1. The maximum absolute atomic E-state index is 13.1. The molecular formula is C25H25NO. The Balaban J connectivity index is 1.51. The summed E-state index contributed by atoms with van der Waals surface area (Å²) >= 11 is 0. The average Bonchev–Trinajstić information content (AvgIpc) is 3.01. The molecule has 0 N–H and O–H groups in total. The van der Waals surface area contributed by atoms with Crippen LogP contribution in [0.5, 0.6) is 0 Å². The molecular weight excluding hydrogens is 330 g/mol. The number of amides is 1. The van der Waals surface area contributed by atoms with Crippen molar-refractivity contribution in [1.29, 1.82) is 0 Å². The number of carbonyl (C=O) groups is 1. The molecule has 4 rings (SSSR count). The van der Waals surface area contributed by atoms with Crippen molar-refractivity contribution >= 4 is 5.91 Å². The fourth-order valence-corrected chi connectivity index (χ4v) is 3.94. The van der Waals surface area contributed by atoms with E-state index in [1.165, 1.54) is 17.5 Å². The summed E-state index contributed by atoms with van der Waals surface area (Å²) in [6.07, 6.45) is 3.41. The third-order valence-corrected chi connectivity index (χ3v) is 5.47. The van der Waals surface area contributed by atoms with Crippen LogP contribution in [-0.2, 0) is 0 Å². The SMILES string of the molecule is O=C(c1ccc(-c2ccccc2)cc1)N1CCCCC(c2ccccc2)C1. The highest BCUT2D eigenvalue weighted by Crippen LogP contribution is 2.27. The van der Waals surface area contributed by atoms with Crippen molar-refractivity contribution in [1.82, 2.24) is 4.90 Å². The summed E-state index contributed by atoms with van der Waals surface area (Å²) in [7, 11) is 0. The van der Waals surface area contributed by atoms with Gasteiger partial charge in [0.25, 0.3) is 5.91 Å². The van der Waals surface area contributed by atoms with Crippen molar-refractivity contribution in [3.8, 4) is 11.1 Å². The fraction of sp³-hybridized carbons (Fsp3) is 0.240. The lowest BCUT2D eigenvalue weighted by molar-refractivity contribution is 0.0754. The Kier molecular flexibility index (Phi) is 5.34. The number of carbonyl (C=O) groups excluding carboxylic acids is 1. The lowest BCUT2D eigenvalue weighted by Gasteiger charge is -2.25. The molecule has 1 fully saturated rings. The van der Waals surface area contributed by atoms with E-state index in [2.05, 4.69) is 54.6 Å².